The molecule has 2 aliphatic heterocycles. The number of methoxy groups -OCH3 is 1. The molecular weight excluding hydrogens is 897 g/mol. The quantitative estimate of drug-likeness (QED) is 0.0387. The molecule has 67 heavy (non-hydrogen) atoms. The number of nitrogens with one attached hydrogen (secondary N) is 3. The molecular formula is C48H44N8O9S2. The number of β-lactam (4-membered cyclic amide) rings is 1. The van der Waals surface area contributed by atoms with Crippen molar-refractivity contribution in [2.75, 3.05) is 18.6 Å². The van der Waals surface area contributed by atoms with E-state index in [1.807, 2.05) is 103 Å². The highest BCUT2D eigenvalue weighted by molar-refractivity contribution is 8.01. The van der Waals surface area contributed by atoms with Gasteiger partial charge in [0, 0.05) is 11.5 Å². The van der Waals surface area contributed by atoms with Crippen LogP contribution in [0.3, 0.4) is 0 Å². The fraction of sp³-hybridized carbons (Fsp3) is 0.208. The van der Waals surface area contributed by atoms with Gasteiger partial charge in [0.1, 0.15) is 42.1 Å². The van der Waals surface area contributed by atoms with Crippen molar-refractivity contribution in [3.8, 4) is 5.75 Å². The zero-order chi connectivity index (χ0) is 46.5. The van der Waals surface area contributed by atoms with Gasteiger partial charge in [-0.1, -0.05) is 145 Å². The van der Waals surface area contributed by atoms with Crippen LogP contribution < -0.4 is 20.9 Å². The van der Waals surface area contributed by atoms with Crippen LogP contribution in [0, 0.1) is 0 Å². The molecule has 0 spiro atoms. The third-order valence-electron chi connectivity index (χ3n) is 10.6. The minimum atomic E-state index is -1.21. The predicted molar refractivity (Wildman–Crippen MR) is 246 cm³/mol. The van der Waals surface area contributed by atoms with Crippen LogP contribution in [-0.2, 0) is 53.2 Å². The van der Waals surface area contributed by atoms with Crippen molar-refractivity contribution in [2.45, 2.75) is 48.5 Å². The van der Waals surface area contributed by atoms with Crippen LogP contribution in [0.4, 0.5) is 4.79 Å². The van der Waals surface area contributed by atoms with E-state index < -0.39 is 53.3 Å². The number of benzene rings is 5. The molecule has 1 unspecified atom stereocenters. The number of hydrogen-bond acceptors (Lipinski definition) is 14. The molecule has 0 radical (unpaired) electrons. The summed E-state index contributed by atoms with van der Waals surface area (Å²) in [5, 5.41) is 16.9. The van der Waals surface area contributed by atoms with Gasteiger partial charge in [-0.05, 0) is 55.9 Å². The summed E-state index contributed by atoms with van der Waals surface area (Å²) in [7, 11) is 1.57. The molecule has 17 nitrogen and oxygen atoms in total. The van der Waals surface area contributed by atoms with Crippen molar-refractivity contribution in [1.29, 1.82) is 0 Å². The molecule has 1 saturated heterocycles. The average Bonchev–Trinajstić information content (AvgIpc) is 3.82. The Balaban J connectivity index is 0.994. The van der Waals surface area contributed by atoms with Crippen LogP contribution in [-0.4, -0.2) is 84.9 Å². The molecule has 0 aliphatic carbocycles. The Morgan fingerprint density at radius 3 is 2.04 bits per heavy atom. The molecule has 1 aromatic heterocycles. The van der Waals surface area contributed by atoms with E-state index in [0.29, 0.717) is 28.0 Å². The molecule has 19 heteroatoms. The summed E-state index contributed by atoms with van der Waals surface area (Å²) in [6.07, 6.45) is -1.65. The number of hydrogen-bond donors (Lipinski definition) is 3. The lowest BCUT2D eigenvalue weighted by atomic mass is 10.00. The summed E-state index contributed by atoms with van der Waals surface area (Å²) < 4.78 is 18.2. The van der Waals surface area contributed by atoms with Gasteiger partial charge in [0.2, 0.25) is 11.1 Å². The van der Waals surface area contributed by atoms with Crippen molar-refractivity contribution < 1.29 is 43.0 Å². The molecule has 5 aromatic carbocycles. The number of carbonyl (C=O) groups excluding carboxylic acids is 5. The van der Waals surface area contributed by atoms with Gasteiger partial charge in [0.05, 0.1) is 13.7 Å². The van der Waals surface area contributed by atoms with Crippen LogP contribution >= 0.6 is 23.5 Å². The number of thioether (sulfide) groups is 2. The highest BCUT2D eigenvalue weighted by Gasteiger charge is 2.55. The summed E-state index contributed by atoms with van der Waals surface area (Å²) in [6.45, 7) is -0.173. The topological polar surface area (TPSA) is 205 Å². The summed E-state index contributed by atoms with van der Waals surface area (Å²) in [5.74, 6) is -1.38. The highest BCUT2D eigenvalue weighted by Crippen LogP contribution is 2.43. The molecule has 2 aliphatic rings. The number of rotatable bonds is 19. The molecule has 3 heterocycles. The summed E-state index contributed by atoms with van der Waals surface area (Å²) in [6, 6.07) is 41.2. The second-order valence-corrected chi connectivity index (χ2v) is 17.1. The zero-order valence-corrected chi connectivity index (χ0v) is 37.6. The smallest absolute Gasteiger partial charge is 0.408 e. The second kappa shape index (κ2) is 22.1. The Morgan fingerprint density at radius 1 is 0.791 bits per heavy atom. The lowest BCUT2D eigenvalue weighted by Gasteiger charge is -2.50. The van der Waals surface area contributed by atoms with Gasteiger partial charge in [-0.15, -0.1) is 16.9 Å². The highest BCUT2D eigenvalue weighted by atomic mass is 32.2. The van der Waals surface area contributed by atoms with Gasteiger partial charge in [0.25, 0.3) is 11.8 Å². The summed E-state index contributed by atoms with van der Waals surface area (Å²) >= 11 is 2.51. The molecule has 4 amide bonds. The fourth-order valence-electron chi connectivity index (χ4n) is 7.24. The van der Waals surface area contributed by atoms with Gasteiger partial charge in [-0.3, -0.25) is 24.1 Å². The van der Waals surface area contributed by atoms with Crippen LogP contribution in [0.5, 0.6) is 5.75 Å². The zero-order valence-electron chi connectivity index (χ0n) is 35.9. The van der Waals surface area contributed by atoms with Crippen LogP contribution in [0.15, 0.2) is 162 Å². The number of alkyl carbamates (subject to hydrolysis) is 1. The van der Waals surface area contributed by atoms with Gasteiger partial charge in [-0.2, -0.15) is 0 Å². The number of amides is 4. The van der Waals surface area contributed by atoms with E-state index in [2.05, 4.69) is 31.6 Å². The van der Waals surface area contributed by atoms with E-state index in [0.717, 1.165) is 22.9 Å². The Morgan fingerprint density at radius 2 is 1.40 bits per heavy atom. The molecule has 0 saturated carbocycles. The number of nitrogens with zero attached hydrogens (tertiary/aromatic N) is 5. The maximum atomic E-state index is 14.7. The first-order valence-electron chi connectivity index (χ1n) is 21.0. The van der Waals surface area contributed by atoms with Gasteiger partial charge >= 0.3 is 12.1 Å². The van der Waals surface area contributed by atoms with E-state index in [1.54, 1.807) is 49.6 Å². The van der Waals surface area contributed by atoms with Gasteiger partial charge in [-0.25, -0.2) is 19.8 Å². The molecule has 6 aromatic rings. The second-order valence-electron chi connectivity index (χ2n) is 15.1. The van der Waals surface area contributed by atoms with Crippen LogP contribution in [0.25, 0.3) is 0 Å². The number of tetrazole rings is 1. The number of fused-ring (bicyclic) bond motifs is 1. The average molecular weight is 941 g/mol. The minimum Gasteiger partial charge on any atom is -0.497 e. The summed E-state index contributed by atoms with van der Waals surface area (Å²) in [4.78, 5) is 75.7. The van der Waals surface area contributed by atoms with Crippen molar-refractivity contribution in [2.24, 2.45) is 0 Å². The largest absolute Gasteiger partial charge is 0.497 e. The Kier molecular flexibility index (Phi) is 15.2. The number of aromatic nitrogens is 4. The molecule has 8 rings (SSSR count). The van der Waals surface area contributed by atoms with E-state index in [9.17, 15) is 24.0 Å². The molecule has 3 N–H and O–H groups in total. The predicted octanol–water partition coefficient (Wildman–Crippen LogP) is 5.68. The van der Waals surface area contributed by atoms with Crippen LogP contribution in [0.2, 0.25) is 0 Å². The number of hydroxylamine groups is 1. The number of carbonyl (C=O) groups is 5. The first-order chi connectivity index (χ1) is 32.7. The van der Waals surface area contributed by atoms with Crippen molar-refractivity contribution in [3.05, 3.63) is 185 Å². The van der Waals surface area contributed by atoms with Crippen molar-refractivity contribution in [3.63, 3.8) is 0 Å². The maximum Gasteiger partial charge on any atom is 0.408 e. The van der Waals surface area contributed by atoms with Crippen LogP contribution in [0.1, 0.15) is 40.0 Å². The third kappa shape index (κ3) is 11.5. The maximum absolute atomic E-state index is 14.7. The third-order valence-corrected chi connectivity index (χ3v) is 13.0. The number of esters is 1. The number of ether oxygens (including phenoxy) is 3. The monoisotopic (exact) mass is 940 g/mol. The lowest BCUT2D eigenvalue weighted by Crippen LogP contribution is -2.71. The van der Waals surface area contributed by atoms with E-state index >= 15 is 0 Å². The Bertz CT molecular complexity index is 2660. The first-order valence-corrected chi connectivity index (χ1v) is 23.0. The molecule has 1 fully saturated rings. The SMILES string of the molecule is COc1ccc(CONC(=O)Cn2nnnc2SCC2=C(C(=O)OC(c3ccccc3)c3ccccc3)N3C(=O)[C@@H](NC(=O)C(NC(=O)OCc4ccccc4)c4ccccc4)[C@@H]3SC2)cc1. The van der Waals surface area contributed by atoms with Gasteiger partial charge in [0.15, 0.2) is 6.10 Å². The lowest BCUT2D eigenvalue weighted by molar-refractivity contribution is -0.154. The van der Waals surface area contributed by atoms with E-state index in [4.69, 9.17) is 19.0 Å². The van der Waals surface area contributed by atoms with Gasteiger partial charge < -0.3 is 24.8 Å². The van der Waals surface area contributed by atoms with Crippen molar-refractivity contribution >= 4 is 53.3 Å². The fourth-order valence-corrected chi connectivity index (χ4v) is 9.60. The summed E-state index contributed by atoms with van der Waals surface area (Å²) in [5.41, 5.74) is 6.45. The molecule has 342 valence electrons. The standard InChI is InChI=1S/C48H44N8O9S2/c1-62-37-24-22-32(23-25-37)28-64-52-38(57)26-55-47(51-53-54-55)67-30-36-29-66-45-40(49-43(58)39(33-16-8-3-9-17-33)50-48(61)63-27-31-14-6-2-7-15-31)44(59)56(45)41(36)46(60)65-42(34-18-10-4-11-19-34)35-20-12-5-13-21-35/h2-25,39-40,42,45H,26-30H2,1H3,(H,49,58)(H,50,61)(H,52,57)/t39?,40-,45+/m1/s1. The minimum absolute atomic E-state index is 0.0168. The molecule has 3 atom stereocenters. The van der Waals surface area contributed by atoms with E-state index in [-0.39, 0.29) is 42.1 Å². The van der Waals surface area contributed by atoms with Crippen molar-refractivity contribution in [1.82, 2.24) is 41.2 Å². The Labute approximate surface area is 393 Å². The normalized spacial score (nSPS) is 15.7. The Hall–Kier alpha value is -7.48. The van der Waals surface area contributed by atoms with E-state index in [1.165, 1.54) is 21.3 Å². The first kappa shape index (κ1) is 46.1. The molecule has 0 bridgehead atoms.